The molecular formula is C23H24N6O4. The molecule has 2 aromatic carbocycles. The van der Waals surface area contributed by atoms with E-state index in [1.54, 1.807) is 7.11 Å². The van der Waals surface area contributed by atoms with E-state index in [0.29, 0.717) is 30.8 Å². The molecule has 170 valence electrons. The van der Waals surface area contributed by atoms with Gasteiger partial charge >= 0.3 is 5.76 Å². The molecule has 1 saturated heterocycles. The van der Waals surface area contributed by atoms with Crippen LogP contribution >= 0.6 is 0 Å². The van der Waals surface area contributed by atoms with Crippen molar-refractivity contribution in [2.24, 2.45) is 0 Å². The van der Waals surface area contributed by atoms with Crippen LogP contribution in [0.2, 0.25) is 0 Å². The van der Waals surface area contributed by atoms with Gasteiger partial charge in [0.2, 0.25) is 17.6 Å². The lowest BCUT2D eigenvalue weighted by Crippen LogP contribution is -2.47. The summed E-state index contributed by atoms with van der Waals surface area (Å²) in [7, 11) is 1.63. The summed E-state index contributed by atoms with van der Waals surface area (Å²) in [6.07, 6.45) is 0. The molecule has 5 rings (SSSR count). The molecule has 1 aliphatic heterocycles. The molecule has 0 saturated carbocycles. The predicted molar refractivity (Wildman–Crippen MR) is 119 cm³/mol. The fraction of sp³-hybridized carbons (Fsp3) is 0.304. The van der Waals surface area contributed by atoms with Crippen LogP contribution in [0.15, 0.2) is 68.3 Å². The second-order valence-corrected chi connectivity index (χ2v) is 7.81. The first-order valence-corrected chi connectivity index (χ1v) is 10.7. The molecule has 4 aromatic rings. The number of ether oxygens (including phenoxy) is 1. The van der Waals surface area contributed by atoms with E-state index in [4.69, 9.17) is 13.7 Å². The van der Waals surface area contributed by atoms with Crippen molar-refractivity contribution >= 4 is 0 Å². The summed E-state index contributed by atoms with van der Waals surface area (Å²) in [4.78, 5) is 21.2. The third-order valence-electron chi connectivity index (χ3n) is 5.60. The van der Waals surface area contributed by atoms with Gasteiger partial charge in [0.25, 0.3) is 0 Å². The first-order valence-electron chi connectivity index (χ1n) is 10.7. The van der Waals surface area contributed by atoms with Crippen LogP contribution in [-0.4, -0.2) is 63.0 Å². The largest absolute Gasteiger partial charge is 0.497 e. The topological polar surface area (TPSA) is 103 Å². The maximum Gasteiger partial charge on any atom is 0.438 e. The van der Waals surface area contributed by atoms with Gasteiger partial charge in [0.15, 0.2) is 0 Å². The zero-order chi connectivity index (χ0) is 22.6. The van der Waals surface area contributed by atoms with Crippen LogP contribution in [0.5, 0.6) is 5.75 Å². The minimum absolute atomic E-state index is 0.336. The number of benzene rings is 2. The standard InChI is InChI=1S/C23H24N6O4/c1-31-19-9-7-17(8-10-19)21-24-20(33-26-21)15-27-11-13-28(14-12-27)16-29-23(30)32-22(25-29)18-5-3-2-4-6-18/h2-10H,11-16H2,1H3. The normalized spacial score (nSPS) is 15.1. The Labute approximate surface area is 190 Å². The quantitative estimate of drug-likeness (QED) is 0.421. The summed E-state index contributed by atoms with van der Waals surface area (Å²) in [5.74, 6) is 1.81. The molecular weight excluding hydrogens is 424 g/mol. The van der Waals surface area contributed by atoms with Crippen LogP contribution in [0.1, 0.15) is 5.89 Å². The second kappa shape index (κ2) is 9.39. The van der Waals surface area contributed by atoms with Gasteiger partial charge in [0.1, 0.15) is 12.4 Å². The third-order valence-corrected chi connectivity index (χ3v) is 5.60. The van der Waals surface area contributed by atoms with Gasteiger partial charge in [-0.1, -0.05) is 23.4 Å². The van der Waals surface area contributed by atoms with Crippen molar-refractivity contribution in [3.05, 3.63) is 71.0 Å². The lowest BCUT2D eigenvalue weighted by Gasteiger charge is -2.33. The smallest absolute Gasteiger partial charge is 0.438 e. The van der Waals surface area contributed by atoms with Crippen LogP contribution in [0, 0.1) is 0 Å². The maximum absolute atomic E-state index is 12.2. The van der Waals surface area contributed by atoms with E-state index >= 15 is 0 Å². The molecule has 33 heavy (non-hydrogen) atoms. The molecule has 0 spiro atoms. The summed E-state index contributed by atoms with van der Waals surface area (Å²) in [6.45, 7) is 4.19. The van der Waals surface area contributed by atoms with Gasteiger partial charge in [-0.2, -0.15) is 9.67 Å². The van der Waals surface area contributed by atoms with E-state index < -0.39 is 5.76 Å². The van der Waals surface area contributed by atoms with E-state index in [9.17, 15) is 4.79 Å². The summed E-state index contributed by atoms with van der Waals surface area (Å²) < 4.78 is 17.3. The van der Waals surface area contributed by atoms with E-state index in [1.165, 1.54) is 4.68 Å². The number of hydrogen-bond acceptors (Lipinski definition) is 9. The molecule has 0 radical (unpaired) electrons. The molecule has 0 atom stereocenters. The van der Waals surface area contributed by atoms with Gasteiger partial charge in [-0.25, -0.2) is 4.79 Å². The molecule has 2 aromatic heterocycles. The Hall–Kier alpha value is -3.76. The van der Waals surface area contributed by atoms with E-state index in [1.807, 2.05) is 54.6 Å². The van der Waals surface area contributed by atoms with Gasteiger partial charge < -0.3 is 13.7 Å². The van der Waals surface area contributed by atoms with Crippen molar-refractivity contribution in [3.8, 4) is 28.6 Å². The summed E-state index contributed by atoms with van der Waals surface area (Å²) in [5.41, 5.74) is 1.66. The minimum Gasteiger partial charge on any atom is -0.497 e. The number of aromatic nitrogens is 4. The Balaban J connectivity index is 1.15. The van der Waals surface area contributed by atoms with Gasteiger partial charge in [0.05, 0.1) is 13.7 Å². The monoisotopic (exact) mass is 448 g/mol. The SMILES string of the molecule is COc1ccc(-c2noc(CN3CCN(Cn4nc(-c5ccccc5)oc4=O)CC3)n2)cc1. The highest BCUT2D eigenvalue weighted by atomic mass is 16.5. The lowest BCUT2D eigenvalue weighted by atomic mass is 10.2. The zero-order valence-electron chi connectivity index (χ0n) is 18.3. The average molecular weight is 448 g/mol. The molecule has 0 N–H and O–H groups in total. The Morgan fingerprint density at radius 2 is 1.67 bits per heavy atom. The fourth-order valence-corrected chi connectivity index (χ4v) is 3.74. The van der Waals surface area contributed by atoms with Crippen molar-refractivity contribution in [2.45, 2.75) is 13.2 Å². The highest BCUT2D eigenvalue weighted by molar-refractivity contribution is 5.55. The average Bonchev–Trinajstić information content (AvgIpc) is 3.48. The molecule has 1 aliphatic rings. The fourth-order valence-electron chi connectivity index (χ4n) is 3.74. The number of methoxy groups -OCH3 is 1. The Bertz CT molecular complexity index is 1240. The van der Waals surface area contributed by atoms with E-state index in [-0.39, 0.29) is 0 Å². The molecule has 10 nitrogen and oxygen atoms in total. The van der Waals surface area contributed by atoms with E-state index in [0.717, 1.165) is 43.1 Å². The van der Waals surface area contributed by atoms with Gasteiger partial charge in [-0.15, -0.1) is 5.10 Å². The van der Waals surface area contributed by atoms with E-state index in [2.05, 4.69) is 25.0 Å². The van der Waals surface area contributed by atoms with Crippen LogP contribution in [0.3, 0.4) is 0 Å². The molecule has 1 fully saturated rings. The van der Waals surface area contributed by atoms with Crippen molar-refractivity contribution < 1.29 is 13.7 Å². The van der Waals surface area contributed by atoms with Crippen LogP contribution in [-0.2, 0) is 13.2 Å². The molecule has 0 amide bonds. The molecule has 0 unspecified atom stereocenters. The summed E-state index contributed by atoms with van der Waals surface area (Å²) in [5, 5.41) is 8.44. The highest BCUT2D eigenvalue weighted by Crippen LogP contribution is 2.20. The molecule has 10 heteroatoms. The van der Waals surface area contributed by atoms with Gasteiger partial charge in [0, 0.05) is 37.3 Å². The molecule has 3 heterocycles. The summed E-state index contributed by atoms with van der Waals surface area (Å²) in [6, 6.07) is 17.0. The maximum atomic E-state index is 12.2. The Kier molecular flexibility index (Phi) is 6.01. The lowest BCUT2D eigenvalue weighted by molar-refractivity contribution is 0.0893. The Morgan fingerprint density at radius 3 is 2.39 bits per heavy atom. The van der Waals surface area contributed by atoms with Crippen molar-refractivity contribution in [1.82, 2.24) is 29.7 Å². The highest BCUT2D eigenvalue weighted by Gasteiger charge is 2.21. The van der Waals surface area contributed by atoms with Gasteiger partial charge in [-0.3, -0.25) is 9.80 Å². The van der Waals surface area contributed by atoms with Crippen molar-refractivity contribution in [2.75, 3.05) is 33.3 Å². The Morgan fingerprint density at radius 1 is 0.939 bits per heavy atom. The van der Waals surface area contributed by atoms with Crippen molar-refractivity contribution in [3.63, 3.8) is 0 Å². The third kappa shape index (κ3) is 4.86. The molecule has 0 bridgehead atoms. The van der Waals surface area contributed by atoms with Crippen LogP contribution in [0.25, 0.3) is 22.8 Å². The first kappa shape index (κ1) is 21.1. The first-order chi connectivity index (χ1) is 16.2. The molecule has 0 aliphatic carbocycles. The number of piperazine rings is 1. The van der Waals surface area contributed by atoms with Crippen LogP contribution < -0.4 is 10.5 Å². The number of hydrogen-bond donors (Lipinski definition) is 0. The second-order valence-electron chi connectivity index (χ2n) is 7.81. The number of nitrogens with zero attached hydrogens (tertiary/aromatic N) is 6. The van der Waals surface area contributed by atoms with Gasteiger partial charge in [-0.05, 0) is 36.4 Å². The minimum atomic E-state index is -0.451. The van der Waals surface area contributed by atoms with Crippen LogP contribution in [0.4, 0.5) is 0 Å². The number of rotatable bonds is 7. The predicted octanol–water partition coefficient (Wildman–Crippen LogP) is 2.34. The summed E-state index contributed by atoms with van der Waals surface area (Å²) >= 11 is 0. The zero-order valence-corrected chi connectivity index (χ0v) is 18.3. The van der Waals surface area contributed by atoms with Crippen molar-refractivity contribution in [1.29, 1.82) is 0 Å².